The number of likely N-dealkylation sites (tertiary alicyclic amines) is 1. The molecule has 3 rings (SSSR count). The fourth-order valence-corrected chi connectivity index (χ4v) is 3.99. The highest BCUT2D eigenvalue weighted by molar-refractivity contribution is 6.33. The summed E-state index contributed by atoms with van der Waals surface area (Å²) in [5.74, 6) is -1.03. The van der Waals surface area contributed by atoms with Crippen LogP contribution in [-0.4, -0.2) is 35.6 Å². The van der Waals surface area contributed by atoms with Gasteiger partial charge in [-0.05, 0) is 49.1 Å². The second-order valence-corrected chi connectivity index (χ2v) is 7.86. The predicted octanol–water partition coefficient (Wildman–Crippen LogP) is 4.96. The Morgan fingerprint density at radius 1 is 1.21 bits per heavy atom. The molecule has 0 spiro atoms. The highest BCUT2D eigenvalue weighted by Gasteiger charge is 2.39. The molecule has 1 atom stereocenters. The van der Waals surface area contributed by atoms with E-state index in [1.807, 2.05) is 0 Å². The number of alkyl halides is 3. The van der Waals surface area contributed by atoms with Gasteiger partial charge in [0, 0.05) is 18.5 Å². The zero-order valence-electron chi connectivity index (χ0n) is 15.5. The lowest BCUT2D eigenvalue weighted by molar-refractivity contribution is -0.137. The number of aliphatic hydroxyl groups excluding tert-OH is 1. The molecule has 0 saturated carbocycles. The molecule has 0 aliphatic carbocycles. The van der Waals surface area contributed by atoms with E-state index >= 15 is 0 Å². The van der Waals surface area contributed by atoms with Crippen LogP contribution in [0.15, 0.2) is 42.5 Å². The molecule has 1 aliphatic heterocycles. The Morgan fingerprint density at radius 2 is 1.93 bits per heavy atom. The molecule has 1 heterocycles. The molecule has 1 fully saturated rings. The zero-order chi connectivity index (χ0) is 21.2. The van der Waals surface area contributed by atoms with Crippen LogP contribution in [0.4, 0.5) is 17.6 Å². The number of nitrogens with zero attached hydrogens (tertiary/aromatic N) is 1. The van der Waals surface area contributed by atoms with Gasteiger partial charge in [0.15, 0.2) is 0 Å². The fourth-order valence-electron chi connectivity index (χ4n) is 3.79. The highest BCUT2D eigenvalue weighted by Crippen LogP contribution is 2.36. The van der Waals surface area contributed by atoms with E-state index < -0.39 is 28.9 Å². The van der Waals surface area contributed by atoms with Gasteiger partial charge in [0.25, 0.3) is 5.91 Å². The van der Waals surface area contributed by atoms with Crippen LogP contribution < -0.4 is 0 Å². The number of amides is 1. The third-order valence-corrected chi connectivity index (χ3v) is 5.66. The van der Waals surface area contributed by atoms with E-state index in [2.05, 4.69) is 0 Å². The van der Waals surface area contributed by atoms with E-state index in [1.54, 1.807) is 18.2 Å². The smallest absolute Gasteiger partial charge is 0.396 e. The highest BCUT2D eigenvalue weighted by atomic mass is 35.5. The summed E-state index contributed by atoms with van der Waals surface area (Å²) in [5.41, 5.74) is -1.54. The summed E-state index contributed by atoms with van der Waals surface area (Å²) in [7, 11) is 0. The van der Waals surface area contributed by atoms with Gasteiger partial charge in [-0.1, -0.05) is 29.8 Å². The molecular weight excluding hydrogens is 410 g/mol. The normalized spacial score (nSPS) is 20.0. The van der Waals surface area contributed by atoms with Crippen molar-refractivity contribution in [3.05, 3.63) is 70.0 Å². The Balaban J connectivity index is 1.86. The standard InChI is InChI=1S/C21H20ClF4NO2/c22-17-7-6-15(21(24,25)26)10-16(17)19(29)27-9-3-8-20(12-27,13-28)11-14-4-1-2-5-18(14)23/h1-2,4-7,10,28H,3,8-9,11-13H2/t20-/m0/s1. The van der Waals surface area contributed by atoms with Crippen molar-refractivity contribution in [1.29, 1.82) is 0 Å². The average molecular weight is 430 g/mol. The van der Waals surface area contributed by atoms with E-state index in [-0.39, 0.29) is 30.2 Å². The maximum atomic E-state index is 14.1. The SMILES string of the molecule is O=C(c1cc(C(F)(F)F)ccc1Cl)N1CCC[C@](CO)(Cc2ccccc2F)C1. The van der Waals surface area contributed by atoms with Gasteiger partial charge in [0.05, 0.1) is 22.8 Å². The van der Waals surface area contributed by atoms with Gasteiger partial charge in [0.1, 0.15) is 5.82 Å². The topological polar surface area (TPSA) is 40.5 Å². The molecule has 8 heteroatoms. The van der Waals surface area contributed by atoms with Crippen molar-refractivity contribution >= 4 is 17.5 Å². The summed E-state index contributed by atoms with van der Waals surface area (Å²) in [5, 5.41) is 9.96. The molecule has 0 unspecified atom stereocenters. The van der Waals surface area contributed by atoms with Crippen LogP contribution in [0.25, 0.3) is 0 Å². The van der Waals surface area contributed by atoms with Crippen LogP contribution in [0.2, 0.25) is 5.02 Å². The molecule has 29 heavy (non-hydrogen) atoms. The maximum Gasteiger partial charge on any atom is 0.416 e. The number of halogens is 5. The van der Waals surface area contributed by atoms with Gasteiger partial charge in [-0.3, -0.25) is 4.79 Å². The van der Waals surface area contributed by atoms with Gasteiger partial charge in [-0.2, -0.15) is 13.2 Å². The van der Waals surface area contributed by atoms with Crippen molar-refractivity contribution in [1.82, 2.24) is 4.90 Å². The quantitative estimate of drug-likeness (QED) is 0.698. The second-order valence-electron chi connectivity index (χ2n) is 7.45. The van der Waals surface area contributed by atoms with E-state index in [9.17, 15) is 27.5 Å². The first-order chi connectivity index (χ1) is 13.6. The first-order valence-corrected chi connectivity index (χ1v) is 9.53. The first kappa shape index (κ1) is 21.6. The average Bonchev–Trinajstić information content (AvgIpc) is 2.69. The molecule has 1 saturated heterocycles. The van der Waals surface area contributed by atoms with Crippen molar-refractivity contribution < 1.29 is 27.5 Å². The van der Waals surface area contributed by atoms with Gasteiger partial charge in [0.2, 0.25) is 0 Å². The lowest BCUT2D eigenvalue weighted by Gasteiger charge is -2.42. The molecule has 0 bridgehead atoms. The Hall–Kier alpha value is -2.12. The van der Waals surface area contributed by atoms with Crippen LogP contribution >= 0.6 is 11.6 Å². The minimum atomic E-state index is -4.60. The van der Waals surface area contributed by atoms with Crippen LogP contribution in [0.5, 0.6) is 0 Å². The van der Waals surface area contributed by atoms with Crippen LogP contribution in [-0.2, 0) is 12.6 Å². The van der Waals surface area contributed by atoms with E-state index in [0.29, 0.717) is 24.9 Å². The molecule has 1 amide bonds. The number of hydrogen-bond donors (Lipinski definition) is 1. The van der Waals surface area contributed by atoms with Crippen molar-refractivity contribution in [3.8, 4) is 0 Å². The molecule has 1 aliphatic rings. The molecule has 156 valence electrons. The monoisotopic (exact) mass is 429 g/mol. The molecule has 2 aromatic carbocycles. The van der Waals surface area contributed by atoms with Crippen molar-refractivity contribution in [3.63, 3.8) is 0 Å². The summed E-state index contributed by atoms with van der Waals surface area (Å²) in [6, 6.07) is 8.84. The lowest BCUT2D eigenvalue weighted by Crippen LogP contribution is -2.49. The first-order valence-electron chi connectivity index (χ1n) is 9.15. The number of rotatable bonds is 4. The Labute approximate surface area is 170 Å². The predicted molar refractivity (Wildman–Crippen MR) is 101 cm³/mol. The molecular formula is C21H20ClF4NO2. The summed E-state index contributed by atoms with van der Waals surface area (Å²) in [4.78, 5) is 14.3. The van der Waals surface area contributed by atoms with E-state index in [0.717, 1.165) is 18.2 Å². The Kier molecular flexibility index (Phi) is 6.19. The van der Waals surface area contributed by atoms with E-state index in [4.69, 9.17) is 11.6 Å². The number of piperidine rings is 1. The van der Waals surface area contributed by atoms with Gasteiger partial charge in [-0.15, -0.1) is 0 Å². The Bertz CT molecular complexity index is 902. The molecule has 1 N–H and O–H groups in total. The van der Waals surface area contributed by atoms with Crippen LogP contribution in [0.1, 0.15) is 34.3 Å². The molecule has 3 nitrogen and oxygen atoms in total. The van der Waals surface area contributed by atoms with Crippen molar-refractivity contribution in [2.24, 2.45) is 5.41 Å². The second kappa shape index (κ2) is 8.32. The molecule has 2 aromatic rings. The summed E-state index contributed by atoms with van der Waals surface area (Å²) >= 11 is 6.00. The zero-order valence-corrected chi connectivity index (χ0v) is 16.2. The summed E-state index contributed by atoms with van der Waals surface area (Å²) in [6.07, 6.45) is -3.27. The van der Waals surface area contributed by atoms with E-state index in [1.165, 1.54) is 11.0 Å². The van der Waals surface area contributed by atoms with Gasteiger partial charge >= 0.3 is 6.18 Å². The van der Waals surface area contributed by atoms with Gasteiger partial charge in [-0.25, -0.2) is 4.39 Å². The summed E-state index contributed by atoms with van der Waals surface area (Å²) in [6.45, 7) is 0.148. The van der Waals surface area contributed by atoms with Crippen LogP contribution in [0.3, 0.4) is 0 Å². The molecule has 0 radical (unpaired) electrons. The third-order valence-electron chi connectivity index (χ3n) is 5.33. The number of carbonyl (C=O) groups excluding carboxylic acids is 1. The van der Waals surface area contributed by atoms with Crippen molar-refractivity contribution in [2.75, 3.05) is 19.7 Å². The largest absolute Gasteiger partial charge is 0.416 e. The number of carbonyl (C=O) groups is 1. The lowest BCUT2D eigenvalue weighted by atomic mass is 9.75. The van der Waals surface area contributed by atoms with Crippen LogP contribution in [0, 0.1) is 11.2 Å². The third kappa shape index (κ3) is 4.73. The number of benzene rings is 2. The van der Waals surface area contributed by atoms with Crippen molar-refractivity contribution in [2.45, 2.75) is 25.4 Å². The molecule has 0 aromatic heterocycles. The maximum absolute atomic E-state index is 14.1. The van der Waals surface area contributed by atoms with Gasteiger partial charge < -0.3 is 10.0 Å². The number of hydrogen-bond acceptors (Lipinski definition) is 2. The number of aliphatic hydroxyl groups is 1. The minimum Gasteiger partial charge on any atom is -0.396 e. The minimum absolute atomic E-state index is 0.0720. The summed E-state index contributed by atoms with van der Waals surface area (Å²) < 4.78 is 53.2. The fraction of sp³-hybridized carbons (Fsp3) is 0.381. The Morgan fingerprint density at radius 3 is 2.59 bits per heavy atom.